The van der Waals surface area contributed by atoms with Crippen molar-refractivity contribution in [1.82, 2.24) is 14.9 Å². The molecule has 1 saturated heterocycles. The van der Waals surface area contributed by atoms with Gasteiger partial charge in [0.2, 0.25) is 0 Å². The molecule has 5 rings (SSSR count). The number of phenols is 1. The van der Waals surface area contributed by atoms with Crippen LogP contribution in [0.2, 0.25) is 0 Å². The third-order valence-corrected chi connectivity index (χ3v) is 6.95. The Hall–Kier alpha value is -4.44. The molecular formula is C27H25N5O4S. The molecule has 0 spiro atoms. The van der Waals surface area contributed by atoms with Crippen LogP contribution in [0, 0.1) is 24.0 Å². The standard InChI is InChI=1S/C27H25N5O4S/c1-16-14-21(17(2)30(16)23-12-11-20(36-3)15-24(23)32(34)35)26-25(22-6-4-5-13-28-22)29-27(37)31(26)18-7-9-19(33)10-8-18/h4-15,25-26,33H,1-3H3,(H,29,37)/t25-,26-/m0/s1. The number of nitro groups is 1. The Bertz CT molecular complexity index is 1490. The second kappa shape index (κ2) is 9.55. The molecule has 2 aromatic carbocycles. The molecule has 4 aromatic rings. The number of nitro benzene ring substituents is 1. The van der Waals surface area contributed by atoms with Gasteiger partial charge in [-0.25, -0.2) is 0 Å². The predicted molar refractivity (Wildman–Crippen MR) is 144 cm³/mol. The van der Waals surface area contributed by atoms with Crippen LogP contribution in [0.25, 0.3) is 5.69 Å². The zero-order valence-electron chi connectivity index (χ0n) is 20.5. The fourth-order valence-electron chi connectivity index (χ4n) is 4.99. The molecule has 1 aliphatic heterocycles. The highest BCUT2D eigenvalue weighted by Gasteiger charge is 2.42. The summed E-state index contributed by atoms with van der Waals surface area (Å²) < 4.78 is 7.11. The van der Waals surface area contributed by atoms with Crippen LogP contribution in [0.5, 0.6) is 11.5 Å². The zero-order chi connectivity index (χ0) is 26.3. The first kappa shape index (κ1) is 24.3. The molecule has 1 aliphatic rings. The van der Waals surface area contributed by atoms with E-state index in [4.69, 9.17) is 17.0 Å². The van der Waals surface area contributed by atoms with Crippen LogP contribution in [0.4, 0.5) is 11.4 Å². The van der Waals surface area contributed by atoms with Crippen molar-refractivity contribution in [2.75, 3.05) is 12.0 Å². The minimum Gasteiger partial charge on any atom is -0.508 e. The van der Waals surface area contributed by atoms with Gasteiger partial charge in [0.05, 0.1) is 35.9 Å². The number of aromatic nitrogens is 2. The average molecular weight is 516 g/mol. The number of thiocarbonyl (C=S) groups is 1. The number of pyridine rings is 1. The van der Waals surface area contributed by atoms with Crippen molar-refractivity contribution in [2.24, 2.45) is 0 Å². The van der Waals surface area contributed by atoms with E-state index in [2.05, 4.69) is 10.3 Å². The van der Waals surface area contributed by atoms with Crippen LogP contribution in [0.1, 0.15) is 34.7 Å². The molecule has 188 valence electrons. The smallest absolute Gasteiger partial charge is 0.296 e. The summed E-state index contributed by atoms with van der Waals surface area (Å²) in [4.78, 5) is 18.2. The number of rotatable bonds is 6. The van der Waals surface area contributed by atoms with Gasteiger partial charge in [0, 0.05) is 23.3 Å². The number of ether oxygens (including phenoxy) is 1. The van der Waals surface area contributed by atoms with E-state index in [1.54, 1.807) is 30.5 Å². The molecule has 0 bridgehead atoms. The number of methoxy groups -OCH3 is 1. The second-order valence-electron chi connectivity index (χ2n) is 8.79. The molecule has 0 radical (unpaired) electrons. The highest BCUT2D eigenvalue weighted by Crippen LogP contribution is 2.44. The molecule has 0 saturated carbocycles. The maximum atomic E-state index is 12.0. The van der Waals surface area contributed by atoms with Crippen molar-refractivity contribution in [2.45, 2.75) is 25.9 Å². The number of nitrogens with zero attached hydrogens (tertiary/aromatic N) is 4. The van der Waals surface area contributed by atoms with Gasteiger partial charge in [-0.3, -0.25) is 15.1 Å². The van der Waals surface area contributed by atoms with Crippen LogP contribution in [-0.4, -0.2) is 31.8 Å². The van der Waals surface area contributed by atoms with Crippen molar-refractivity contribution in [3.8, 4) is 17.2 Å². The number of aryl methyl sites for hydroxylation is 1. The van der Waals surface area contributed by atoms with Crippen molar-refractivity contribution >= 4 is 28.7 Å². The Balaban J connectivity index is 1.70. The third-order valence-electron chi connectivity index (χ3n) is 6.64. The minimum atomic E-state index is -0.401. The average Bonchev–Trinajstić information content (AvgIpc) is 3.39. The topological polar surface area (TPSA) is 106 Å². The summed E-state index contributed by atoms with van der Waals surface area (Å²) in [5.41, 5.74) is 4.64. The lowest BCUT2D eigenvalue weighted by atomic mass is 9.96. The van der Waals surface area contributed by atoms with E-state index in [1.165, 1.54) is 13.2 Å². The highest BCUT2D eigenvalue weighted by atomic mass is 32.1. The van der Waals surface area contributed by atoms with E-state index in [1.807, 2.05) is 59.7 Å². The fraction of sp³-hybridized carbons (Fsp3) is 0.185. The van der Waals surface area contributed by atoms with Crippen LogP contribution in [-0.2, 0) is 0 Å². The first-order valence-electron chi connectivity index (χ1n) is 11.6. The summed E-state index contributed by atoms with van der Waals surface area (Å²) in [6, 6.07) is 18.9. The lowest BCUT2D eigenvalue weighted by Crippen LogP contribution is -2.29. The van der Waals surface area contributed by atoms with Gasteiger partial charge in [-0.2, -0.15) is 0 Å². The van der Waals surface area contributed by atoms with Crippen LogP contribution >= 0.6 is 12.2 Å². The van der Waals surface area contributed by atoms with Crippen LogP contribution < -0.4 is 15.0 Å². The first-order valence-corrected chi connectivity index (χ1v) is 12.0. The van der Waals surface area contributed by atoms with E-state index in [9.17, 15) is 15.2 Å². The lowest BCUT2D eigenvalue weighted by molar-refractivity contribution is -0.384. The monoisotopic (exact) mass is 515 g/mol. The normalized spacial score (nSPS) is 17.1. The number of phenolic OH excluding ortho intramolecular Hbond substituents is 1. The van der Waals surface area contributed by atoms with Crippen LogP contribution in [0.15, 0.2) is 72.9 Å². The molecule has 0 amide bonds. The predicted octanol–water partition coefficient (Wildman–Crippen LogP) is 5.29. The highest BCUT2D eigenvalue weighted by molar-refractivity contribution is 7.80. The molecule has 2 atom stereocenters. The van der Waals surface area contributed by atoms with E-state index < -0.39 is 4.92 Å². The van der Waals surface area contributed by atoms with Gasteiger partial charge in [-0.15, -0.1) is 0 Å². The maximum absolute atomic E-state index is 12.0. The number of anilines is 1. The van der Waals surface area contributed by atoms with Gasteiger partial charge < -0.3 is 24.6 Å². The van der Waals surface area contributed by atoms with Crippen molar-refractivity contribution in [3.63, 3.8) is 0 Å². The van der Waals surface area contributed by atoms with E-state index in [0.717, 1.165) is 28.3 Å². The Morgan fingerprint density at radius 2 is 1.86 bits per heavy atom. The number of aromatic hydroxyl groups is 1. The molecule has 1 fully saturated rings. The minimum absolute atomic E-state index is 0.0514. The molecular weight excluding hydrogens is 490 g/mol. The Labute approximate surface area is 219 Å². The summed E-state index contributed by atoms with van der Waals surface area (Å²) in [6.07, 6.45) is 1.74. The quantitative estimate of drug-likeness (QED) is 0.203. The molecule has 2 aromatic heterocycles. The van der Waals surface area contributed by atoms with Gasteiger partial charge in [0.25, 0.3) is 5.69 Å². The molecule has 0 unspecified atom stereocenters. The van der Waals surface area contributed by atoms with Gasteiger partial charge in [0.1, 0.15) is 17.2 Å². The van der Waals surface area contributed by atoms with Gasteiger partial charge in [0.15, 0.2) is 5.11 Å². The summed E-state index contributed by atoms with van der Waals surface area (Å²) in [6.45, 7) is 3.87. The Morgan fingerprint density at radius 3 is 2.51 bits per heavy atom. The summed E-state index contributed by atoms with van der Waals surface area (Å²) in [7, 11) is 1.48. The third kappa shape index (κ3) is 4.25. The largest absolute Gasteiger partial charge is 0.508 e. The SMILES string of the molecule is COc1ccc(-n2c(C)cc([C@H]3[C@H](c4ccccn4)NC(=S)N3c3ccc(O)cc3)c2C)c([N+](=O)[O-])c1. The molecule has 37 heavy (non-hydrogen) atoms. The molecule has 3 heterocycles. The number of nitrogens with one attached hydrogen (secondary N) is 1. The number of hydrogen-bond acceptors (Lipinski definition) is 6. The van der Waals surface area contributed by atoms with Crippen molar-refractivity contribution in [3.05, 3.63) is 106 Å². The van der Waals surface area contributed by atoms with E-state index in [-0.39, 0.29) is 23.5 Å². The summed E-state index contributed by atoms with van der Waals surface area (Å²) in [5, 5.41) is 25.8. The molecule has 2 N–H and O–H groups in total. The fourth-order valence-corrected chi connectivity index (χ4v) is 5.33. The molecule has 10 heteroatoms. The molecule has 0 aliphatic carbocycles. The van der Waals surface area contributed by atoms with Crippen LogP contribution in [0.3, 0.4) is 0 Å². The Morgan fingerprint density at radius 1 is 1.11 bits per heavy atom. The zero-order valence-corrected chi connectivity index (χ0v) is 21.3. The lowest BCUT2D eigenvalue weighted by Gasteiger charge is -2.28. The van der Waals surface area contributed by atoms with Crippen molar-refractivity contribution in [1.29, 1.82) is 0 Å². The summed E-state index contributed by atoms with van der Waals surface area (Å²) in [5.74, 6) is 0.571. The van der Waals surface area contributed by atoms with E-state index >= 15 is 0 Å². The van der Waals surface area contributed by atoms with Gasteiger partial charge in [-0.1, -0.05) is 6.07 Å². The van der Waals surface area contributed by atoms with Crippen molar-refractivity contribution < 1.29 is 14.8 Å². The second-order valence-corrected chi connectivity index (χ2v) is 9.17. The first-order chi connectivity index (χ1) is 17.8. The summed E-state index contributed by atoms with van der Waals surface area (Å²) >= 11 is 5.78. The number of hydrogen-bond donors (Lipinski definition) is 2. The number of benzene rings is 2. The Kier molecular flexibility index (Phi) is 6.26. The maximum Gasteiger partial charge on any atom is 0.296 e. The van der Waals surface area contributed by atoms with Gasteiger partial charge >= 0.3 is 0 Å². The van der Waals surface area contributed by atoms with Gasteiger partial charge in [-0.05, 0) is 86.2 Å². The van der Waals surface area contributed by atoms with E-state index in [0.29, 0.717) is 16.5 Å². The molecule has 9 nitrogen and oxygen atoms in total.